The van der Waals surface area contributed by atoms with Crippen LogP contribution in [0.4, 0.5) is 4.39 Å². The summed E-state index contributed by atoms with van der Waals surface area (Å²) in [6, 6.07) is 12.1. The van der Waals surface area contributed by atoms with E-state index in [1.54, 1.807) is 12.1 Å². The number of morpholine rings is 1. The predicted octanol–water partition coefficient (Wildman–Crippen LogP) is 2.87. The van der Waals surface area contributed by atoms with E-state index in [0.717, 1.165) is 24.2 Å². The van der Waals surface area contributed by atoms with Crippen molar-refractivity contribution in [1.82, 2.24) is 4.90 Å². The summed E-state index contributed by atoms with van der Waals surface area (Å²) in [6.45, 7) is 3.66. The molecule has 0 aliphatic carbocycles. The van der Waals surface area contributed by atoms with Crippen molar-refractivity contribution in [2.45, 2.75) is 6.10 Å². The van der Waals surface area contributed by atoms with Gasteiger partial charge in [-0.05, 0) is 23.3 Å². The number of halogens is 1. The lowest BCUT2D eigenvalue weighted by Gasteiger charge is -2.28. The van der Waals surface area contributed by atoms with Crippen LogP contribution in [0.15, 0.2) is 42.5 Å². The molecule has 0 unspecified atom stereocenters. The lowest BCUT2D eigenvalue weighted by molar-refractivity contribution is 0.0143. The number of β-amino-alcohol motifs (C(OH)–C–C–N with tert-alkyl or cyclic N) is 1. The van der Waals surface area contributed by atoms with Crippen LogP contribution in [0.1, 0.15) is 11.7 Å². The fourth-order valence-corrected chi connectivity index (χ4v) is 2.96. The van der Waals surface area contributed by atoms with E-state index in [4.69, 9.17) is 9.47 Å². The van der Waals surface area contributed by atoms with Crippen LogP contribution in [-0.4, -0.2) is 50.0 Å². The van der Waals surface area contributed by atoms with Gasteiger partial charge in [0.25, 0.3) is 0 Å². The molecule has 2 aromatic rings. The molecule has 1 aliphatic rings. The van der Waals surface area contributed by atoms with E-state index in [9.17, 15) is 9.50 Å². The van der Waals surface area contributed by atoms with E-state index in [-0.39, 0.29) is 5.82 Å². The van der Waals surface area contributed by atoms with E-state index in [1.165, 1.54) is 13.2 Å². The van der Waals surface area contributed by atoms with Gasteiger partial charge in [-0.25, -0.2) is 4.39 Å². The highest BCUT2D eigenvalue weighted by molar-refractivity contribution is 5.71. The predicted molar refractivity (Wildman–Crippen MR) is 90.6 cm³/mol. The Balaban J connectivity index is 1.76. The highest BCUT2D eigenvalue weighted by Crippen LogP contribution is 2.33. The Bertz CT molecular complexity index is 669. The van der Waals surface area contributed by atoms with E-state index in [2.05, 4.69) is 4.90 Å². The first kappa shape index (κ1) is 16.9. The van der Waals surface area contributed by atoms with E-state index in [1.807, 2.05) is 24.3 Å². The van der Waals surface area contributed by atoms with Crippen molar-refractivity contribution in [2.24, 2.45) is 0 Å². The molecule has 0 bridgehead atoms. The number of methoxy groups -OCH3 is 1. The second-order valence-corrected chi connectivity index (χ2v) is 5.87. The van der Waals surface area contributed by atoms with Gasteiger partial charge < -0.3 is 14.6 Å². The van der Waals surface area contributed by atoms with Gasteiger partial charge in [-0.3, -0.25) is 4.90 Å². The maximum absolute atomic E-state index is 14.1. The zero-order chi connectivity index (χ0) is 16.9. The molecule has 1 heterocycles. The van der Waals surface area contributed by atoms with Crippen LogP contribution >= 0.6 is 0 Å². The molecule has 3 rings (SSSR count). The molecule has 5 heteroatoms. The summed E-state index contributed by atoms with van der Waals surface area (Å²) in [6.07, 6.45) is -0.570. The zero-order valence-electron chi connectivity index (χ0n) is 13.7. The van der Waals surface area contributed by atoms with Gasteiger partial charge in [0.15, 0.2) is 0 Å². The van der Waals surface area contributed by atoms with Crippen LogP contribution in [-0.2, 0) is 4.74 Å². The van der Waals surface area contributed by atoms with Crippen LogP contribution in [0.3, 0.4) is 0 Å². The van der Waals surface area contributed by atoms with Crippen molar-refractivity contribution >= 4 is 0 Å². The normalized spacial score (nSPS) is 16.8. The van der Waals surface area contributed by atoms with Crippen LogP contribution in [0, 0.1) is 5.82 Å². The number of hydrogen-bond acceptors (Lipinski definition) is 4. The maximum atomic E-state index is 14.1. The molecule has 1 fully saturated rings. The summed E-state index contributed by atoms with van der Waals surface area (Å²) >= 11 is 0. The van der Waals surface area contributed by atoms with Crippen molar-refractivity contribution in [3.63, 3.8) is 0 Å². The first-order valence-electron chi connectivity index (χ1n) is 8.10. The topological polar surface area (TPSA) is 41.9 Å². The number of rotatable bonds is 5. The van der Waals surface area contributed by atoms with Crippen molar-refractivity contribution < 1.29 is 19.0 Å². The smallest absolute Gasteiger partial charge is 0.134 e. The Hall–Kier alpha value is -1.95. The van der Waals surface area contributed by atoms with Crippen LogP contribution < -0.4 is 4.74 Å². The molecule has 0 radical (unpaired) electrons. The lowest BCUT2D eigenvalue weighted by atomic mass is 10.0. The molecule has 1 aliphatic heterocycles. The number of ether oxygens (including phenoxy) is 2. The monoisotopic (exact) mass is 331 g/mol. The second-order valence-electron chi connectivity index (χ2n) is 5.87. The molecule has 1 N–H and O–H groups in total. The number of benzene rings is 2. The fourth-order valence-electron chi connectivity index (χ4n) is 2.96. The quantitative estimate of drug-likeness (QED) is 0.915. The Kier molecular flexibility index (Phi) is 5.45. The third-order valence-electron chi connectivity index (χ3n) is 4.31. The summed E-state index contributed by atoms with van der Waals surface area (Å²) in [5.41, 5.74) is 1.99. The van der Waals surface area contributed by atoms with Gasteiger partial charge in [-0.1, -0.05) is 30.3 Å². The maximum Gasteiger partial charge on any atom is 0.134 e. The van der Waals surface area contributed by atoms with E-state index >= 15 is 0 Å². The van der Waals surface area contributed by atoms with Crippen molar-refractivity contribution in [2.75, 3.05) is 40.0 Å². The molecule has 0 spiro atoms. The summed E-state index contributed by atoms with van der Waals surface area (Å²) in [5, 5.41) is 10.4. The van der Waals surface area contributed by atoms with Gasteiger partial charge in [0.1, 0.15) is 11.6 Å². The Morgan fingerprint density at radius 3 is 2.54 bits per heavy atom. The molecule has 0 saturated carbocycles. The third-order valence-corrected chi connectivity index (χ3v) is 4.31. The van der Waals surface area contributed by atoms with E-state index < -0.39 is 6.10 Å². The number of aliphatic hydroxyl groups is 1. The van der Waals surface area contributed by atoms with Crippen LogP contribution in [0.25, 0.3) is 11.1 Å². The molecule has 0 aromatic heterocycles. The minimum atomic E-state index is -0.570. The Labute approximate surface area is 141 Å². The third kappa shape index (κ3) is 3.75. The molecule has 128 valence electrons. The number of nitrogens with zero attached hydrogens (tertiary/aromatic N) is 1. The van der Waals surface area contributed by atoms with Gasteiger partial charge in [-0.15, -0.1) is 0 Å². The Morgan fingerprint density at radius 1 is 1.17 bits per heavy atom. The van der Waals surface area contributed by atoms with Crippen molar-refractivity contribution in [3.05, 3.63) is 53.8 Å². The van der Waals surface area contributed by atoms with Gasteiger partial charge in [-0.2, -0.15) is 0 Å². The minimum absolute atomic E-state index is 0.323. The molecule has 2 aromatic carbocycles. The molecule has 0 amide bonds. The minimum Gasteiger partial charge on any atom is -0.496 e. The highest BCUT2D eigenvalue weighted by atomic mass is 19.1. The summed E-state index contributed by atoms with van der Waals surface area (Å²) in [4.78, 5) is 2.18. The fraction of sp³-hybridized carbons (Fsp3) is 0.368. The molecular formula is C19H22FNO3. The molecule has 24 heavy (non-hydrogen) atoms. The van der Waals surface area contributed by atoms with Crippen LogP contribution in [0.5, 0.6) is 5.75 Å². The van der Waals surface area contributed by atoms with Gasteiger partial charge >= 0.3 is 0 Å². The summed E-state index contributed by atoms with van der Waals surface area (Å²) < 4.78 is 24.7. The van der Waals surface area contributed by atoms with Crippen molar-refractivity contribution in [3.8, 4) is 16.9 Å². The van der Waals surface area contributed by atoms with Gasteiger partial charge in [0.05, 0.1) is 32.0 Å². The van der Waals surface area contributed by atoms with Gasteiger partial charge in [0.2, 0.25) is 0 Å². The highest BCUT2D eigenvalue weighted by Gasteiger charge is 2.17. The van der Waals surface area contributed by atoms with E-state index in [0.29, 0.717) is 31.1 Å². The molecule has 1 saturated heterocycles. The molecular weight excluding hydrogens is 309 g/mol. The second kappa shape index (κ2) is 7.75. The van der Waals surface area contributed by atoms with Gasteiger partial charge in [0, 0.05) is 19.6 Å². The largest absolute Gasteiger partial charge is 0.496 e. The van der Waals surface area contributed by atoms with Crippen molar-refractivity contribution in [1.29, 1.82) is 0 Å². The van der Waals surface area contributed by atoms with Crippen LogP contribution in [0.2, 0.25) is 0 Å². The molecule has 4 nitrogen and oxygen atoms in total. The SMILES string of the molecule is COc1cccc(F)c1-c1ccc([C@@H](O)CN2CCOCC2)cc1. The summed E-state index contributed by atoms with van der Waals surface area (Å²) in [5.74, 6) is 0.174. The molecule has 1 atom stereocenters. The standard InChI is InChI=1S/C19H22FNO3/c1-23-18-4-2-3-16(20)19(18)15-7-5-14(6-8-15)17(22)13-21-9-11-24-12-10-21/h2-8,17,22H,9-13H2,1H3/t17-/m0/s1. The average Bonchev–Trinajstić information content (AvgIpc) is 2.62. The first-order valence-corrected chi connectivity index (χ1v) is 8.10. The lowest BCUT2D eigenvalue weighted by Crippen LogP contribution is -2.38. The number of hydrogen-bond donors (Lipinski definition) is 1. The first-order chi connectivity index (χ1) is 11.7. The Morgan fingerprint density at radius 2 is 1.88 bits per heavy atom. The summed E-state index contributed by atoms with van der Waals surface area (Å²) in [7, 11) is 1.53. The number of aliphatic hydroxyl groups excluding tert-OH is 1. The average molecular weight is 331 g/mol. The zero-order valence-corrected chi connectivity index (χ0v) is 13.7.